The van der Waals surface area contributed by atoms with Crippen molar-refractivity contribution in [3.8, 4) is 0 Å². The maximum absolute atomic E-state index is 2.44. The van der Waals surface area contributed by atoms with Gasteiger partial charge in [-0.2, -0.15) is 0 Å². The largest absolute Gasteiger partial charge is 0.0654 e. The average molecular weight is 182 g/mol. The molecule has 1 saturated carbocycles. The third-order valence-corrected chi connectivity index (χ3v) is 4.16. The standard InChI is InChI=1S/C13H26/c1-5-6-7-8-9-12-10-13(3,4)11(12)2/h11-12H,5-10H2,1-4H3/t11-,12-/m0/s1. The fourth-order valence-corrected chi connectivity index (χ4v) is 2.70. The van der Waals surface area contributed by atoms with Crippen molar-refractivity contribution in [3.05, 3.63) is 0 Å². The Labute approximate surface area is 84.1 Å². The zero-order chi connectivity index (χ0) is 9.90. The summed E-state index contributed by atoms with van der Waals surface area (Å²) in [4.78, 5) is 0. The highest BCUT2D eigenvalue weighted by atomic mass is 14.5. The minimum Gasteiger partial charge on any atom is -0.0654 e. The molecule has 1 fully saturated rings. The van der Waals surface area contributed by atoms with Gasteiger partial charge in [-0.15, -0.1) is 0 Å². The van der Waals surface area contributed by atoms with Crippen molar-refractivity contribution in [2.45, 2.75) is 66.2 Å². The van der Waals surface area contributed by atoms with E-state index in [0.29, 0.717) is 5.41 Å². The van der Waals surface area contributed by atoms with Crippen molar-refractivity contribution < 1.29 is 0 Å². The van der Waals surface area contributed by atoms with Crippen molar-refractivity contribution >= 4 is 0 Å². The van der Waals surface area contributed by atoms with Gasteiger partial charge in [-0.25, -0.2) is 0 Å². The Bertz CT molecular complexity index is 146. The number of unbranched alkanes of at least 4 members (excludes halogenated alkanes) is 3. The summed E-state index contributed by atoms with van der Waals surface area (Å²) in [7, 11) is 0. The number of hydrogen-bond donors (Lipinski definition) is 0. The number of hydrogen-bond acceptors (Lipinski definition) is 0. The SMILES string of the molecule is CCCCCC[C@H]1CC(C)(C)[C@H]1C. The van der Waals surface area contributed by atoms with Gasteiger partial charge in [0.25, 0.3) is 0 Å². The lowest BCUT2D eigenvalue weighted by molar-refractivity contribution is -0.00353. The Morgan fingerprint density at radius 3 is 2.31 bits per heavy atom. The molecule has 0 N–H and O–H groups in total. The predicted molar refractivity (Wildman–Crippen MR) is 59.8 cm³/mol. The van der Waals surface area contributed by atoms with E-state index >= 15 is 0 Å². The first kappa shape index (κ1) is 11.1. The molecule has 0 spiro atoms. The zero-order valence-corrected chi connectivity index (χ0v) is 9.90. The van der Waals surface area contributed by atoms with E-state index in [9.17, 15) is 0 Å². The monoisotopic (exact) mass is 182 g/mol. The van der Waals surface area contributed by atoms with Gasteiger partial charge >= 0.3 is 0 Å². The fourth-order valence-electron chi connectivity index (χ4n) is 2.70. The van der Waals surface area contributed by atoms with E-state index in [1.54, 1.807) is 0 Å². The van der Waals surface area contributed by atoms with E-state index < -0.39 is 0 Å². The fraction of sp³-hybridized carbons (Fsp3) is 1.00. The smallest absolute Gasteiger partial charge is 0.0323 e. The molecular weight excluding hydrogens is 156 g/mol. The molecule has 0 saturated heterocycles. The zero-order valence-electron chi connectivity index (χ0n) is 9.90. The van der Waals surface area contributed by atoms with Crippen LogP contribution in [0.5, 0.6) is 0 Å². The second-order valence-electron chi connectivity index (χ2n) is 5.59. The van der Waals surface area contributed by atoms with Gasteiger partial charge in [0.15, 0.2) is 0 Å². The molecule has 0 aromatic carbocycles. The minimum absolute atomic E-state index is 0.648. The highest BCUT2D eigenvalue weighted by Gasteiger charge is 2.43. The first-order valence-electron chi connectivity index (χ1n) is 6.08. The summed E-state index contributed by atoms with van der Waals surface area (Å²) in [6.45, 7) is 9.56. The van der Waals surface area contributed by atoms with Crippen molar-refractivity contribution in [1.82, 2.24) is 0 Å². The third-order valence-electron chi connectivity index (χ3n) is 4.16. The average Bonchev–Trinajstić information content (AvgIpc) is 2.10. The van der Waals surface area contributed by atoms with Gasteiger partial charge in [0.05, 0.1) is 0 Å². The molecule has 0 aromatic heterocycles. The molecule has 78 valence electrons. The highest BCUT2D eigenvalue weighted by Crippen LogP contribution is 2.52. The summed E-state index contributed by atoms with van der Waals surface area (Å²) >= 11 is 0. The van der Waals surface area contributed by atoms with Gasteiger partial charge in [0, 0.05) is 0 Å². The maximum atomic E-state index is 2.44. The molecule has 2 atom stereocenters. The second-order valence-corrected chi connectivity index (χ2v) is 5.59. The van der Waals surface area contributed by atoms with Gasteiger partial charge in [0.2, 0.25) is 0 Å². The molecule has 0 bridgehead atoms. The van der Waals surface area contributed by atoms with Gasteiger partial charge in [-0.3, -0.25) is 0 Å². The molecule has 0 heterocycles. The molecule has 1 rings (SSSR count). The number of rotatable bonds is 5. The van der Waals surface area contributed by atoms with Crippen LogP contribution in [0, 0.1) is 17.3 Å². The molecule has 0 aliphatic heterocycles. The quantitative estimate of drug-likeness (QED) is 0.543. The summed E-state index contributed by atoms with van der Waals surface area (Å²) in [5.41, 5.74) is 0.648. The Kier molecular flexibility index (Phi) is 3.82. The van der Waals surface area contributed by atoms with Crippen LogP contribution in [0.1, 0.15) is 66.2 Å². The molecule has 1 aliphatic carbocycles. The van der Waals surface area contributed by atoms with E-state index in [1.165, 1.54) is 38.5 Å². The summed E-state index contributed by atoms with van der Waals surface area (Å²) in [5.74, 6) is 2.01. The van der Waals surface area contributed by atoms with E-state index in [4.69, 9.17) is 0 Å². The molecule has 0 nitrogen and oxygen atoms in total. The lowest BCUT2D eigenvalue weighted by Crippen LogP contribution is -2.41. The van der Waals surface area contributed by atoms with Gasteiger partial charge < -0.3 is 0 Å². The summed E-state index contributed by atoms with van der Waals surface area (Å²) in [6, 6.07) is 0. The van der Waals surface area contributed by atoms with Crippen molar-refractivity contribution in [2.75, 3.05) is 0 Å². The van der Waals surface area contributed by atoms with Crippen LogP contribution in [0.25, 0.3) is 0 Å². The van der Waals surface area contributed by atoms with Crippen LogP contribution in [0.4, 0.5) is 0 Å². The van der Waals surface area contributed by atoms with Gasteiger partial charge in [-0.1, -0.05) is 59.8 Å². The molecule has 0 aromatic rings. The van der Waals surface area contributed by atoms with Crippen LogP contribution in [0.3, 0.4) is 0 Å². The highest BCUT2D eigenvalue weighted by molar-refractivity contribution is 4.92. The molecular formula is C13H26. The Balaban J connectivity index is 2.06. The molecule has 0 radical (unpaired) electrons. The Hall–Kier alpha value is 0. The summed E-state index contributed by atoms with van der Waals surface area (Å²) in [6.07, 6.45) is 8.69. The predicted octanol–water partition coefficient (Wildman–Crippen LogP) is 4.64. The summed E-state index contributed by atoms with van der Waals surface area (Å²) in [5, 5.41) is 0. The molecule has 13 heavy (non-hydrogen) atoms. The first-order chi connectivity index (χ1) is 6.08. The summed E-state index contributed by atoms with van der Waals surface area (Å²) < 4.78 is 0. The molecule has 0 heteroatoms. The Morgan fingerprint density at radius 1 is 1.15 bits per heavy atom. The van der Waals surface area contributed by atoms with Crippen molar-refractivity contribution in [2.24, 2.45) is 17.3 Å². The third kappa shape index (κ3) is 2.72. The van der Waals surface area contributed by atoms with Crippen molar-refractivity contribution in [1.29, 1.82) is 0 Å². The van der Waals surface area contributed by atoms with E-state index in [1.807, 2.05) is 0 Å². The normalized spacial score (nSPS) is 31.4. The first-order valence-corrected chi connectivity index (χ1v) is 6.08. The van der Waals surface area contributed by atoms with Crippen molar-refractivity contribution in [3.63, 3.8) is 0 Å². The van der Waals surface area contributed by atoms with Crippen LogP contribution in [-0.2, 0) is 0 Å². The van der Waals surface area contributed by atoms with E-state index in [0.717, 1.165) is 11.8 Å². The molecule has 0 unspecified atom stereocenters. The van der Waals surface area contributed by atoms with Crippen LogP contribution in [0.2, 0.25) is 0 Å². The molecule has 1 aliphatic rings. The van der Waals surface area contributed by atoms with E-state index in [-0.39, 0.29) is 0 Å². The maximum Gasteiger partial charge on any atom is -0.0323 e. The second kappa shape index (κ2) is 4.48. The lowest BCUT2D eigenvalue weighted by atomic mass is 9.55. The van der Waals surface area contributed by atoms with Gasteiger partial charge in [-0.05, 0) is 23.7 Å². The van der Waals surface area contributed by atoms with E-state index in [2.05, 4.69) is 27.7 Å². The Morgan fingerprint density at radius 2 is 1.85 bits per heavy atom. The minimum atomic E-state index is 0.648. The van der Waals surface area contributed by atoms with Crippen LogP contribution in [0.15, 0.2) is 0 Å². The molecule has 0 amide bonds. The van der Waals surface area contributed by atoms with Gasteiger partial charge in [0.1, 0.15) is 0 Å². The topological polar surface area (TPSA) is 0 Å². The van der Waals surface area contributed by atoms with Crippen LogP contribution >= 0.6 is 0 Å². The lowest BCUT2D eigenvalue weighted by Gasteiger charge is -2.50. The van der Waals surface area contributed by atoms with Crippen LogP contribution < -0.4 is 0 Å². The van der Waals surface area contributed by atoms with Crippen LogP contribution in [-0.4, -0.2) is 0 Å².